The molecule has 2 aliphatic carbocycles. The lowest BCUT2D eigenvalue weighted by Crippen LogP contribution is -2.34. The molecule has 0 aromatic heterocycles. The summed E-state index contributed by atoms with van der Waals surface area (Å²) in [4.78, 5) is 21.8. The van der Waals surface area contributed by atoms with Gasteiger partial charge in [0.1, 0.15) is 0 Å². The van der Waals surface area contributed by atoms with E-state index in [1.165, 1.54) is 0 Å². The highest BCUT2D eigenvalue weighted by atomic mass is 16.4. The number of nitrogens with one attached hydrogen (secondary N) is 1. The maximum absolute atomic E-state index is 11.0. The first kappa shape index (κ1) is 11.2. The summed E-state index contributed by atoms with van der Waals surface area (Å²) in [6.07, 6.45) is 6.39. The monoisotopic (exact) mass is 223 g/mol. The fraction of sp³-hybridized carbons (Fsp3) is 0.667. The van der Waals surface area contributed by atoms with Crippen LogP contribution >= 0.6 is 0 Å². The molecule has 2 N–H and O–H groups in total. The van der Waals surface area contributed by atoms with Crippen LogP contribution < -0.4 is 5.32 Å². The van der Waals surface area contributed by atoms with Gasteiger partial charge in [-0.05, 0) is 32.1 Å². The molecule has 0 bridgehead atoms. The Balaban J connectivity index is 1.79. The van der Waals surface area contributed by atoms with E-state index in [0.717, 1.165) is 37.8 Å². The Morgan fingerprint density at radius 1 is 1.25 bits per heavy atom. The molecule has 0 aromatic carbocycles. The van der Waals surface area contributed by atoms with Crippen molar-refractivity contribution in [3.8, 4) is 0 Å². The van der Waals surface area contributed by atoms with Gasteiger partial charge in [-0.2, -0.15) is 0 Å². The summed E-state index contributed by atoms with van der Waals surface area (Å²) in [5, 5.41) is 12.2. The van der Waals surface area contributed by atoms with Crippen LogP contribution in [0.25, 0.3) is 0 Å². The van der Waals surface area contributed by atoms with E-state index in [0.29, 0.717) is 12.5 Å². The maximum Gasteiger partial charge on any atom is 0.306 e. The Hall–Kier alpha value is -1.32. The van der Waals surface area contributed by atoms with Gasteiger partial charge < -0.3 is 10.4 Å². The van der Waals surface area contributed by atoms with Gasteiger partial charge in [0.15, 0.2) is 5.78 Å². The van der Waals surface area contributed by atoms with Gasteiger partial charge in [-0.25, -0.2) is 0 Å². The minimum atomic E-state index is -0.672. The first-order valence-corrected chi connectivity index (χ1v) is 5.88. The molecule has 0 spiro atoms. The van der Waals surface area contributed by atoms with Crippen LogP contribution in [-0.2, 0) is 9.59 Å². The van der Waals surface area contributed by atoms with E-state index in [2.05, 4.69) is 5.32 Å². The van der Waals surface area contributed by atoms with E-state index in [1.807, 2.05) is 0 Å². The lowest BCUT2D eigenvalue weighted by atomic mass is 9.86. The maximum atomic E-state index is 11.0. The van der Waals surface area contributed by atoms with Crippen LogP contribution in [0.15, 0.2) is 11.8 Å². The molecule has 0 amide bonds. The van der Waals surface area contributed by atoms with Crippen molar-refractivity contribution in [2.75, 3.05) is 0 Å². The van der Waals surface area contributed by atoms with Crippen LogP contribution in [0.2, 0.25) is 0 Å². The van der Waals surface area contributed by atoms with Gasteiger partial charge in [-0.15, -0.1) is 0 Å². The number of allylic oxidation sites excluding steroid dienone is 2. The number of aliphatic carboxylic acids is 1. The van der Waals surface area contributed by atoms with Crippen molar-refractivity contribution in [1.29, 1.82) is 0 Å². The highest BCUT2D eigenvalue weighted by Gasteiger charge is 2.26. The summed E-state index contributed by atoms with van der Waals surface area (Å²) in [6, 6.07) is 0.354. The van der Waals surface area contributed by atoms with Gasteiger partial charge in [0.25, 0.3) is 0 Å². The van der Waals surface area contributed by atoms with E-state index >= 15 is 0 Å². The van der Waals surface area contributed by atoms with Crippen molar-refractivity contribution in [2.45, 2.75) is 44.6 Å². The van der Waals surface area contributed by atoms with E-state index in [-0.39, 0.29) is 11.7 Å². The fourth-order valence-corrected chi connectivity index (χ4v) is 2.46. The van der Waals surface area contributed by atoms with Gasteiger partial charge in [0.2, 0.25) is 0 Å². The van der Waals surface area contributed by atoms with Crippen molar-refractivity contribution in [3.63, 3.8) is 0 Å². The first-order valence-electron chi connectivity index (χ1n) is 5.88. The summed E-state index contributed by atoms with van der Waals surface area (Å²) in [5.74, 6) is -0.646. The second kappa shape index (κ2) is 4.68. The van der Waals surface area contributed by atoms with Crippen molar-refractivity contribution >= 4 is 11.8 Å². The molecule has 16 heavy (non-hydrogen) atoms. The van der Waals surface area contributed by atoms with Crippen LogP contribution in [0.4, 0.5) is 0 Å². The zero-order chi connectivity index (χ0) is 11.5. The van der Waals surface area contributed by atoms with Crippen LogP contribution in [0.3, 0.4) is 0 Å². The number of hydrogen-bond acceptors (Lipinski definition) is 3. The van der Waals surface area contributed by atoms with Gasteiger partial charge in [0.05, 0.1) is 5.92 Å². The quantitative estimate of drug-likeness (QED) is 0.760. The van der Waals surface area contributed by atoms with Crippen molar-refractivity contribution in [1.82, 2.24) is 5.32 Å². The molecule has 0 radical (unpaired) electrons. The van der Waals surface area contributed by atoms with Crippen molar-refractivity contribution in [2.24, 2.45) is 5.92 Å². The fourth-order valence-electron chi connectivity index (χ4n) is 2.46. The van der Waals surface area contributed by atoms with Gasteiger partial charge in [-0.1, -0.05) is 0 Å². The Morgan fingerprint density at radius 2 is 1.94 bits per heavy atom. The van der Waals surface area contributed by atoms with Crippen LogP contribution in [0.5, 0.6) is 0 Å². The largest absolute Gasteiger partial charge is 0.481 e. The van der Waals surface area contributed by atoms with E-state index < -0.39 is 5.97 Å². The zero-order valence-electron chi connectivity index (χ0n) is 9.24. The molecular weight excluding hydrogens is 206 g/mol. The summed E-state index contributed by atoms with van der Waals surface area (Å²) in [6.45, 7) is 0. The van der Waals surface area contributed by atoms with Gasteiger partial charge >= 0.3 is 5.97 Å². The van der Waals surface area contributed by atoms with Crippen LogP contribution in [0.1, 0.15) is 38.5 Å². The molecule has 0 aromatic rings. The SMILES string of the molecule is O=C1C=C(NC2CCC(C(=O)O)CC2)CC1. The third kappa shape index (κ3) is 2.62. The summed E-state index contributed by atoms with van der Waals surface area (Å²) >= 11 is 0. The lowest BCUT2D eigenvalue weighted by molar-refractivity contribution is -0.142. The van der Waals surface area contributed by atoms with Crippen molar-refractivity contribution < 1.29 is 14.7 Å². The number of hydrogen-bond donors (Lipinski definition) is 2. The van der Waals surface area contributed by atoms with Crippen LogP contribution in [0, 0.1) is 5.92 Å². The average molecular weight is 223 g/mol. The van der Waals surface area contributed by atoms with Crippen LogP contribution in [-0.4, -0.2) is 22.9 Å². The molecule has 0 heterocycles. The summed E-state index contributed by atoms with van der Waals surface area (Å²) in [7, 11) is 0. The minimum absolute atomic E-state index is 0.169. The Morgan fingerprint density at radius 3 is 2.44 bits per heavy atom. The van der Waals surface area contributed by atoms with Crippen molar-refractivity contribution in [3.05, 3.63) is 11.8 Å². The molecule has 88 valence electrons. The third-order valence-corrected chi connectivity index (χ3v) is 3.44. The highest BCUT2D eigenvalue weighted by Crippen LogP contribution is 2.26. The Bertz CT molecular complexity index is 327. The first-order chi connectivity index (χ1) is 7.65. The standard InChI is InChI=1S/C12H17NO3/c14-11-6-5-10(7-11)13-9-3-1-8(2-4-9)12(15)16/h7-9,13H,1-6H2,(H,15,16). The third-order valence-electron chi connectivity index (χ3n) is 3.44. The molecule has 2 rings (SSSR count). The molecule has 2 aliphatic rings. The molecule has 0 atom stereocenters. The second-order valence-corrected chi connectivity index (χ2v) is 4.67. The van der Waals surface area contributed by atoms with E-state index in [1.54, 1.807) is 6.08 Å². The summed E-state index contributed by atoms with van der Waals surface area (Å²) < 4.78 is 0. The zero-order valence-corrected chi connectivity index (χ0v) is 9.24. The normalized spacial score (nSPS) is 30.0. The molecule has 4 nitrogen and oxygen atoms in total. The predicted molar refractivity (Wildman–Crippen MR) is 58.8 cm³/mol. The topological polar surface area (TPSA) is 66.4 Å². The number of ketones is 1. The molecular formula is C12H17NO3. The van der Waals surface area contributed by atoms with Gasteiger partial charge in [-0.3, -0.25) is 9.59 Å². The summed E-state index contributed by atoms with van der Waals surface area (Å²) in [5.41, 5.74) is 1.03. The van der Waals surface area contributed by atoms with E-state index in [4.69, 9.17) is 5.11 Å². The molecule has 4 heteroatoms. The lowest BCUT2D eigenvalue weighted by Gasteiger charge is -2.27. The number of carbonyl (C=O) groups is 2. The predicted octanol–water partition coefficient (Wildman–Crippen LogP) is 1.47. The molecule has 0 unspecified atom stereocenters. The number of carbonyl (C=O) groups excluding carboxylic acids is 1. The average Bonchev–Trinajstić information content (AvgIpc) is 2.65. The highest BCUT2D eigenvalue weighted by molar-refractivity contribution is 5.92. The minimum Gasteiger partial charge on any atom is -0.481 e. The number of carboxylic acids is 1. The molecule has 1 fully saturated rings. The molecule has 1 saturated carbocycles. The number of rotatable bonds is 3. The second-order valence-electron chi connectivity index (χ2n) is 4.67. The van der Waals surface area contributed by atoms with Gasteiger partial charge in [0, 0.05) is 24.2 Å². The Labute approximate surface area is 94.7 Å². The van der Waals surface area contributed by atoms with E-state index in [9.17, 15) is 9.59 Å². The molecule has 0 saturated heterocycles. The number of carboxylic acid groups (broad SMARTS) is 1. The smallest absolute Gasteiger partial charge is 0.306 e. The molecule has 0 aliphatic heterocycles. The Kier molecular flexibility index (Phi) is 3.27.